The maximum Gasteiger partial charge on any atom is 0.264 e. The highest BCUT2D eigenvalue weighted by Gasteiger charge is 2.18. The highest BCUT2D eigenvalue weighted by molar-refractivity contribution is 7.92. The molecule has 0 aliphatic carbocycles. The first-order valence-corrected chi connectivity index (χ1v) is 9.89. The molecule has 4 rings (SSSR count). The Morgan fingerprint density at radius 2 is 1.85 bits per heavy atom. The van der Waals surface area contributed by atoms with E-state index in [1.165, 1.54) is 0 Å². The summed E-state index contributed by atoms with van der Waals surface area (Å²) < 4.78 is 40.0. The lowest BCUT2D eigenvalue weighted by molar-refractivity contribution is 0.174. The Bertz CT molecular complexity index is 1090. The van der Waals surface area contributed by atoms with Crippen LogP contribution in [0.3, 0.4) is 0 Å². The van der Waals surface area contributed by atoms with Gasteiger partial charge in [0.1, 0.15) is 0 Å². The summed E-state index contributed by atoms with van der Waals surface area (Å²) in [5, 5.41) is 0. The van der Waals surface area contributed by atoms with Gasteiger partial charge in [0.15, 0.2) is 11.5 Å². The minimum absolute atomic E-state index is 0.202. The predicted molar refractivity (Wildman–Crippen MR) is 101 cm³/mol. The van der Waals surface area contributed by atoms with Crippen molar-refractivity contribution in [2.75, 3.05) is 11.5 Å². The van der Waals surface area contributed by atoms with Gasteiger partial charge in [-0.05, 0) is 36.8 Å². The summed E-state index contributed by atoms with van der Waals surface area (Å²) in [6.45, 7) is 2.14. The molecule has 0 bridgehead atoms. The zero-order valence-corrected chi connectivity index (χ0v) is 15.8. The molecule has 0 spiro atoms. The Labute approximate surface area is 157 Å². The molecule has 7 nitrogen and oxygen atoms in total. The van der Waals surface area contributed by atoms with Gasteiger partial charge in [0.05, 0.1) is 10.6 Å². The van der Waals surface area contributed by atoms with E-state index in [9.17, 15) is 8.42 Å². The molecule has 1 N–H and O–H groups in total. The molecule has 8 heteroatoms. The summed E-state index contributed by atoms with van der Waals surface area (Å²) in [5.74, 6) is 1.71. The van der Waals surface area contributed by atoms with Crippen LogP contribution in [-0.2, 0) is 23.5 Å². The Kier molecular flexibility index (Phi) is 4.27. The molecule has 2 heterocycles. The van der Waals surface area contributed by atoms with Crippen molar-refractivity contribution in [1.29, 1.82) is 0 Å². The van der Waals surface area contributed by atoms with Gasteiger partial charge in [-0.15, -0.1) is 0 Å². The fraction of sp³-hybridized carbons (Fsp3) is 0.211. The average Bonchev–Trinajstić information content (AvgIpc) is 3.21. The highest BCUT2D eigenvalue weighted by atomic mass is 32.2. The van der Waals surface area contributed by atoms with Crippen LogP contribution in [0.4, 0.5) is 5.95 Å². The number of ether oxygens (including phenoxy) is 2. The van der Waals surface area contributed by atoms with Gasteiger partial charge in [0.25, 0.3) is 10.0 Å². The summed E-state index contributed by atoms with van der Waals surface area (Å²) in [7, 11) is -1.94. The van der Waals surface area contributed by atoms with Crippen LogP contribution < -0.4 is 14.2 Å². The number of imidazole rings is 1. The van der Waals surface area contributed by atoms with E-state index in [1.807, 2.05) is 25.1 Å². The summed E-state index contributed by atoms with van der Waals surface area (Å²) in [5.41, 5.74) is 2.75. The number of sulfonamides is 1. The Balaban J connectivity index is 1.54. The fourth-order valence-corrected chi connectivity index (χ4v) is 3.91. The van der Waals surface area contributed by atoms with Crippen molar-refractivity contribution in [2.24, 2.45) is 7.05 Å². The molecule has 1 aromatic heterocycles. The first-order chi connectivity index (χ1) is 12.9. The molecule has 3 aromatic rings. The van der Waals surface area contributed by atoms with Gasteiger partial charge in [0, 0.05) is 19.7 Å². The third-order valence-electron chi connectivity index (χ3n) is 4.31. The molecule has 0 unspecified atom stereocenters. The van der Waals surface area contributed by atoms with Gasteiger partial charge in [-0.25, -0.2) is 18.1 Å². The minimum Gasteiger partial charge on any atom is -0.454 e. The van der Waals surface area contributed by atoms with E-state index in [1.54, 1.807) is 42.1 Å². The van der Waals surface area contributed by atoms with Crippen molar-refractivity contribution in [3.05, 3.63) is 65.5 Å². The number of aryl methyl sites for hydroxylation is 2. The second-order valence-corrected chi connectivity index (χ2v) is 8.13. The number of nitrogens with one attached hydrogen (secondary N) is 1. The fourth-order valence-electron chi connectivity index (χ4n) is 2.87. The van der Waals surface area contributed by atoms with Crippen LogP contribution in [0.25, 0.3) is 0 Å². The van der Waals surface area contributed by atoms with E-state index in [2.05, 4.69) is 9.71 Å². The van der Waals surface area contributed by atoms with Gasteiger partial charge in [0.2, 0.25) is 12.7 Å². The standard InChI is InChI=1S/C19H19N3O4S/c1-13-3-6-16(7-4-13)27(23,24)21-19-20-15(11-22(19)2)9-14-5-8-17-18(10-14)26-12-25-17/h3-8,10-11H,9,12H2,1-2H3,(H,20,21). The van der Waals surface area contributed by atoms with Crippen molar-refractivity contribution in [3.8, 4) is 11.5 Å². The lowest BCUT2D eigenvalue weighted by Crippen LogP contribution is -2.15. The number of anilines is 1. The number of hydrogen-bond donors (Lipinski definition) is 1. The molecule has 27 heavy (non-hydrogen) atoms. The van der Waals surface area contributed by atoms with Crippen LogP contribution in [0.15, 0.2) is 53.6 Å². The first-order valence-electron chi connectivity index (χ1n) is 8.41. The van der Waals surface area contributed by atoms with Crippen LogP contribution in [0.2, 0.25) is 0 Å². The topological polar surface area (TPSA) is 82.5 Å². The summed E-state index contributed by atoms with van der Waals surface area (Å²) in [6.07, 6.45) is 2.36. The third-order valence-corrected chi connectivity index (χ3v) is 5.65. The molecule has 0 saturated heterocycles. The molecular formula is C19H19N3O4S. The molecule has 0 saturated carbocycles. The number of fused-ring (bicyclic) bond motifs is 1. The SMILES string of the molecule is Cc1ccc(S(=O)(=O)Nc2nc(Cc3ccc4c(c3)OCO4)cn2C)cc1. The number of aromatic nitrogens is 2. The van der Waals surface area contributed by atoms with E-state index < -0.39 is 10.0 Å². The van der Waals surface area contributed by atoms with Crippen molar-refractivity contribution < 1.29 is 17.9 Å². The Hall–Kier alpha value is -3.00. The summed E-state index contributed by atoms with van der Waals surface area (Å²) >= 11 is 0. The van der Waals surface area contributed by atoms with Crippen molar-refractivity contribution in [1.82, 2.24) is 9.55 Å². The number of rotatable bonds is 5. The molecule has 1 aliphatic rings. The molecule has 0 amide bonds. The molecule has 2 aromatic carbocycles. The maximum atomic E-state index is 12.6. The molecule has 140 valence electrons. The van der Waals surface area contributed by atoms with E-state index >= 15 is 0 Å². The normalized spacial score (nSPS) is 13.0. The third kappa shape index (κ3) is 3.61. The zero-order chi connectivity index (χ0) is 19.0. The van der Waals surface area contributed by atoms with Crippen LogP contribution in [0.1, 0.15) is 16.8 Å². The van der Waals surface area contributed by atoms with Crippen molar-refractivity contribution in [3.63, 3.8) is 0 Å². The van der Waals surface area contributed by atoms with Crippen LogP contribution >= 0.6 is 0 Å². The minimum atomic E-state index is -3.69. The van der Waals surface area contributed by atoms with E-state index in [0.717, 1.165) is 22.6 Å². The van der Waals surface area contributed by atoms with Gasteiger partial charge in [-0.1, -0.05) is 23.8 Å². The maximum absolute atomic E-state index is 12.6. The number of benzene rings is 2. The van der Waals surface area contributed by atoms with Crippen molar-refractivity contribution >= 4 is 16.0 Å². The smallest absolute Gasteiger partial charge is 0.264 e. The molecule has 0 atom stereocenters. The second kappa shape index (κ2) is 6.62. The number of nitrogens with zero attached hydrogens (tertiary/aromatic N) is 2. The zero-order valence-electron chi connectivity index (χ0n) is 15.0. The van der Waals surface area contributed by atoms with Gasteiger partial charge in [-0.2, -0.15) is 0 Å². The molecule has 1 aliphatic heterocycles. The largest absolute Gasteiger partial charge is 0.454 e. The summed E-state index contributed by atoms with van der Waals surface area (Å²) in [4.78, 5) is 4.63. The second-order valence-electron chi connectivity index (χ2n) is 6.45. The summed E-state index contributed by atoms with van der Waals surface area (Å²) in [6, 6.07) is 12.4. The molecular weight excluding hydrogens is 366 g/mol. The lowest BCUT2D eigenvalue weighted by atomic mass is 10.1. The number of hydrogen-bond acceptors (Lipinski definition) is 5. The van der Waals surface area contributed by atoms with Crippen LogP contribution in [0, 0.1) is 6.92 Å². The monoisotopic (exact) mass is 385 g/mol. The Morgan fingerprint density at radius 3 is 2.63 bits per heavy atom. The van der Waals surface area contributed by atoms with Gasteiger partial charge < -0.3 is 14.0 Å². The van der Waals surface area contributed by atoms with Crippen molar-refractivity contribution in [2.45, 2.75) is 18.2 Å². The van der Waals surface area contributed by atoms with Gasteiger partial charge in [-0.3, -0.25) is 0 Å². The van der Waals surface area contributed by atoms with Crippen LogP contribution in [-0.4, -0.2) is 24.8 Å². The van der Waals surface area contributed by atoms with E-state index in [-0.39, 0.29) is 17.6 Å². The van der Waals surface area contributed by atoms with E-state index in [4.69, 9.17) is 9.47 Å². The Morgan fingerprint density at radius 1 is 1.11 bits per heavy atom. The van der Waals surface area contributed by atoms with Crippen LogP contribution in [0.5, 0.6) is 11.5 Å². The lowest BCUT2D eigenvalue weighted by Gasteiger charge is -2.07. The van der Waals surface area contributed by atoms with E-state index in [0.29, 0.717) is 12.2 Å². The predicted octanol–water partition coefficient (Wildman–Crippen LogP) is 2.85. The average molecular weight is 385 g/mol. The molecule has 0 fully saturated rings. The quantitative estimate of drug-likeness (QED) is 0.730. The first kappa shape index (κ1) is 17.4. The highest BCUT2D eigenvalue weighted by Crippen LogP contribution is 2.33. The van der Waals surface area contributed by atoms with Gasteiger partial charge >= 0.3 is 0 Å². The molecule has 0 radical (unpaired) electrons.